The van der Waals surface area contributed by atoms with Gasteiger partial charge in [0.1, 0.15) is 10.7 Å². The first kappa shape index (κ1) is 17.4. The number of nitrogens with two attached hydrogens (primary N) is 1. The highest BCUT2D eigenvalue weighted by molar-refractivity contribution is 9.10. The molecule has 0 aliphatic heterocycles. The minimum Gasteiger partial charge on any atom is -0.365 e. The molecule has 2 aromatic rings. The molecule has 0 radical (unpaired) electrons. The quantitative estimate of drug-likeness (QED) is 0.787. The van der Waals surface area contributed by atoms with Crippen LogP contribution < -0.4 is 5.73 Å². The van der Waals surface area contributed by atoms with Crippen molar-refractivity contribution < 1.29 is 17.6 Å². The van der Waals surface area contributed by atoms with Gasteiger partial charge in [-0.1, -0.05) is 40.2 Å². The number of rotatable bonds is 5. The molecule has 2 rings (SSSR count). The molecule has 1 amide bonds. The van der Waals surface area contributed by atoms with Gasteiger partial charge < -0.3 is 5.73 Å². The van der Waals surface area contributed by atoms with E-state index in [1.165, 1.54) is 18.2 Å². The predicted octanol–water partition coefficient (Wildman–Crippen LogP) is 3.03. The summed E-state index contributed by atoms with van der Waals surface area (Å²) in [6.07, 6.45) is 1.23. The molecular weight excluding hydrogens is 385 g/mol. The van der Waals surface area contributed by atoms with Crippen LogP contribution in [-0.4, -0.2) is 14.3 Å². The zero-order valence-electron chi connectivity index (χ0n) is 11.9. The SMILES string of the molecule is NC(=O)/C(=C/c1ccc(Br)cc1)S(=O)(=O)Cc1ccc(F)cc1. The van der Waals surface area contributed by atoms with Crippen LogP contribution in [0.1, 0.15) is 11.1 Å². The second-order valence-corrected chi connectivity index (χ2v) is 7.68. The molecule has 0 saturated heterocycles. The second kappa shape index (κ2) is 7.06. The van der Waals surface area contributed by atoms with Crippen LogP contribution in [-0.2, 0) is 20.4 Å². The van der Waals surface area contributed by atoms with Crippen molar-refractivity contribution in [1.29, 1.82) is 0 Å². The lowest BCUT2D eigenvalue weighted by Crippen LogP contribution is -2.22. The number of sulfone groups is 1. The Hall–Kier alpha value is -1.99. The summed E-state index contributed by atoms with van der Waals surface area (Å²) in [6, 6.07) is 11.8. The topological polar surface area (TPSA) is 77.2 Å². The highest BCUT2D eigenvalue weighted by Gasteiger charge is 2.23. The zero-order valence-corrected chi connectivity index (χ0v) is 14.3. The monoisotopic (exact) mass is 397 g/mol. The van der Waals surface area contributed by atoms with Crippen molar-refractivity contribution in [3.8, 4) is 0 Å². The van der Waals surface area contributed by atoms with Gasteiger partial charge in [-0.25, -0.2) is 12.8 Å². The van der Waals surface area contributed by atoms with Crippen molar-refractivity contribution in [3.63, 3.8) is 0 Å². The molecule has 0 spiro atoms. The standard InChI is InChI=1S/C16H13BrFNO3S/c17-13-5-1-11(2-6-13)9-15(16(19)20)23(21,22)10-12-3-7-14(18)8-4-12/h1-9H,10H2,(H2,19,20)/b15-9-. The Bertz CT molecular complexity index is 844. The second-order valence-electron chi connectivity index (χ2n) is 4.81. The van der Waals surface area contributed by atoms with E-state index in [1.54, 1.807) is 24.3 Å². The van der Waals surface area contributed by atoms with E-state index < -0.39 is 32.2 Å². The first-order valence-electron chi connectivity index (χ1n) is 6.52. The van der Waals surface area contributed by atoms with Crippen molar-refractivity contribution in [3.05, 3.63) is 74.9 Å². The normalized spacial score (nSPS) is 12.2. The zero-order chi connectivity index (χ0) is 17.0. The fraction of sp³-hybridized carbons (Fsp3) is 0.0625. The molecular formula is C16H13BrFNO3S. The van der Waals surface area contributed by atoms with Crippen molar-refractivity contribution in [2.75, 3.05) is 0 Å². The number of hydrogen-bond donors (Lipinski definition) is 1. The highest BCUT2D eigenvalue weighted by atomic mass is 79.9. The van der Waals surface area contributed by atoms with Crippen LogP contribution in [0, 0.1) is 5.82 Å². The van der Waals surface area contributed by atoms with Gasteiger partial charge in [0.2, 0.25) is 0 Å². The minimum atomic E-state index is -3.94. The number of amides is 1. The van der Waals surface area contributed by atoms with E-state index in [0.29, 0.717) is 11.1 Å². The Morgan fingerprint density at radius 2 is 1.65 bits per heavy atom. The molecule has 0 aromatic heterocycles. The van der Waals surface area contributed by atoms with Crippen LogP contribution in [0.5, 0.6) is 0 Å². The molecule has 2 N–H and O–H groups in total. The van der Waals surface area contributed by atoms with E-state index in [2.05, 4.69) is 15.9 Å². The van der Waals surface area contributed by atoms with Crippen LogP contribution in [0.4, 0.5) is 4.39 Å². The first-order valence-corrected chi connectivity index (χ1v) is 8.97. The average Bonchev–Trinajstić information content (AvgIpc) is 2.48. The maximum Gasteiger partial charge on any atom is 0.260 e. The van der Waals surface area contributed by atoms with Gasteiger partial charge in [-0.2, -0.15) is 0 Å². The van der Waals surface area contributed by atoms with Gasteiger partial charge >= 0.3 is 0 Å². The lowest BCUT2D eigenvalue weighted by Gasteiger charge is -2.07. The first-order chi connectivity index (χ1) is 10.8. The van der Waals surface area contributed by atoms with E-state index >= 15 is 0 Å². The Kier molecular flexibility index (Phi) is 5.33. The summed E-state index contributed by atoms with van der Waals surface area (Å²) >= 11 is 3.27. The molecule has 2 aromatic carbocycles. The van der Waals surface area contributed by atoms with E-state index in [-0.39, 0.29) is 0 Å². The van der Waals surface area contributed by atoms with Gasteiger partial charge in [0.15, 0.2) is 9.84 Å². The molecule has 0 unspecified atom stereocenters. The summed E-state index contributed by atoms with van der Waals surface area (Å²) in [6.45, 7) is 0. The Balaban J connectivity index is 2.37. The third-order valence-electron chi connectivity index (χ3n) is 3.02. The Morgan fingerprint density at radius 3 is 2.17 bits per heavy atom. The molecule has 0 aliphatic rings. The van der Waals surface area contributed by atoms with Crippen molar-refractivity contribution in [1.82, 2.24) is 0 Å². The summed E-state index contributed by atoms with van der Waals surface area (Å²) in [5, 5.41) is 0. The van der Waals surface area contributed by atoms with Crippen LogP contribution in [0.15, 0.2) is 57.9 Å². The fourth-order valence-electron chi connectivity index (χ4n) is 1.90. The molecule has 4 nitrogen and oxygen atoms in total. The molecule has 0 bridgehead atoms. The van der Waals surface area contributed by atoms with Crippen LogP contribution in [0.25, 0.3) is 6.08 Å². The predicted molar refractivity (Wildman–Crippen MR) is 90.3 cm³/mol. The summed E-state index contributed by atoms with van der Waals surface area (Å²) in [5.41, 5.74) is 6.12. The van der Waals surface area contributed by atoms with E-state index in [4.69, 9.17) is 5.73 Å². The highest BCUT2D eigenvalue weighted by Crippen LogP contribution is 2.19. The summed E-state index contributed by atoms with van der Waals surface area (Å²) in [5.74, 6) is -1.93. The fourth-order valence-corrected chi connectivity index (χ4v) is 3.58. The van der Waals surface area contributed by atoms with Gasteiger partial charge in [0.05, 0.1) is 5.75 Å². The van der Waals surface area contributed by atoms with Crippen LogP contribution >= 0.6 is 15.9 Å². The molecule has 120 valence electrons. The Labute approximate surface area is 141 Å². The summed E-state index contributed by atoms with van der Waals surface area (Å²) < 4.78 is 38.6. The molecule has 23 heavy (non-hydrogen) atoms. The summed E-state index contributed by atoms with van der Waals surface area (Å²) in [7, 11) is -3.94. The van der Waals surface area contributed by atoms with Crippen molar-refractivity contribution >= 4 is 37.8 Å². The lowest BCUT2D eigenvalue weighted by atomic mass is 10.2. The molecule has 0 fully saturated rings. The van der Waals surface area contributed by atoms with Gasteiger partial charge in [-0.3, -0.25) is 4.79 Å². The minimum absolute atomic E-state index is 0.370. The van der Waals surface area contributed by atoms with E-state index in [9.17, 15) is 17.6 Å². The largest absolute Gasteiger partial charge is 0.365 e. The number of hydrogen-bond acceptors (Lipinski definition) is 3. The molecule has 0 atom stereocenters. The van der Waals surface area contributed by atoms with Gasteiger partial charge in [0.25, 0.3) is 5.91 Å². The number of carbonyl (C=O) groups is 1. The van der Waals surface area contributed by atoms with Crippen LogP contribution in [0.3, 0.4) is 0 Å². The maximum absolute atomic E-state index is 12.9. The maximum atomic E-state index is 12.9. The van der Waals surface area contributed by atoms with Crippen LogP contribution in [0.2, 0.25) is 0 Å². The third-order valence-corrected chi connectivity index (χ3v) is 5.25. The van der Waals surface area contributed by atoms with Gasteiger partial charge in [-0.15, -0.1) is 0 Å². The average molecular weight is 398 g/mol. The lowest BCUT2D eigenvalue weighted by molar-refractivity contribution is -0.113. The molecule has 0 saturated carbocycles. The summed E-state index contributed by atoms with van der Waals surface area (Å²) in [4.78, 5) is 11.1. The smallest absolute Gasteiger partial charge is 0.260 e. The van der Waals surface area contributed by atoms with Gasteiger partial charge in [0, 0.05) is 4.47 Å². The van der Waals surface area contributed by atoms with E-state index in [1.807, 2.05) is 0 Å². The number of carbonyl (C=O) groups excluding carboxylic acids is 1. The van der Waals surface area contributed by atoms with Crippen molar-refractivity contribution in [2.24, 2.45) is 5.73 Å². The molecule has 0 aliphatic carbocycles. The number of halogens is 2. The third kappa shape index (κ3) is 4.74. The number of benzene rings is 2. The number of primary amides is 1. The Morgan fingerprint density at radius 1 is 1.09 bits per heavy atom. The molecule has 7 heteroatoms. The molecule has 0 heterocycles. The van der Waals surface area contributed by atoms with E-state index in [0.717, 1.165) is 16.6 Å². The van der Waals surface area contributed by atoms with Crippen molar-refractivity contribution in [2.45, 2.75) is 5.75 Å². The van der Waals surface area contributed by atoms with Gasteiger partial charge in [-0.05, 0) is 41.5 Å².